The van der Waals surface area contributed by atoms with Gasteiger partial charge in [-0.1, -0.05) is 22.0 Å². The molecule has 1 heterocycles. The van der Waals surface area contributed by atoms with E-state index in [9.17, 15) is 9.59 Å². The van der Waals surface area contributed by atoms with Gasteiger partial charge in [0.25, 0.3) is 0 Å². The van der Waals surface area contributed by atoms with Gasteiger partial charge in [-0.15, -0.1) is 0 Å². The van der Waals surface area contributed by atoms with Crippen LogP contribution in [0.4, 0.5) is 5.69 Å². The molecule has 23 heavy (non-hydrogen) atoms. The van der Waals surface area contributed by atoms with E-state index in [2.05, 4.69) is 31.5 Å². The summed E-state index contributed by atoms with van der Waals surface area (Å²) in [4.78, 5) is 27.9. The second-order valence-corrected chi connectivity index (χ2v) is 6.15. The molecule has 0 spiro atoms. The fraction of sp³-hybridized carbons (Fsp3) is 0.312. The SMILES string of the molecule is Cc1ccc(Br)cc1NC(=O)CCNC(=O)[C@@H](C)n1ccnc1. The lowest BCUT2D eigenvalue weighted by molar-refractivity contribution is -0.124. The maximum atomic E-state index is 12.0. The number of anilines is 1. The molecule has 7 heteroatoms. The molecule has 0 saturated heterocycles. The van der Waals surface area contributed by atoms with E-state index in [1.807, 2.05) is 25.1 Å². The number of aromatic nitrogens is 2. The number of rotatable bonds is 6. The molecular weight excluding hydrogens is 360 g/mol. The summed E-state index contributed by atoms with van der Waals surface area (Å²) in [6.45, 7) is 4.00. The van der Waals surface area contributed by atoms with E-state index in [-0.39, 0.29) is 30.8 Å². The zero-order valence-corrected chi connectivity index (χ0v) is 14.6. The van der Waals surface area contributed by atoms with Crippen LogP contribution in [0.5, 0.6) is 0 Å². The van der Waals surface area contributed by atoms with Gasteiger partial charge in [-0.05, 0) is 31.5 Å². The Bertz CT molecular complexity index is 685. The van der Waals surface area contributed by atoms with Crippen LogP contribution in [-0.4, -0.2) is 27.9 Å². The van der Waals surface area contributed by atoms with Crippen molar-refractivity contribution in [1.29, 1.82) is 0 Å². The molecule has 0 bridgehead atoms. The third-order valence-electron chi connectivity index (χ3n) is 3.48. The van der Waals surface area contributed by atoms with Crippen molar-refractivity contribution in [1.82, 2.24) is 14.9 Å². The van der Waals surface area contributed by atoms with Crippen LogP contribution < -0.4 is 10.6 Å². The number of amides is 2. The van der Waals surface area contributed by atoms with Gasteiger partial charge in [-0.2, -0.15) is 0 Å². The minimum atomic E-state index is -0.354. The topological polar surface area (TPSA) is 76.0 Å². The van der Waals surface area contributed by atoms with Crippen LogP contribution in [0.1, 0.15) is 24.9 Å². The Morgan fingerprint density at radius 1 is 1.39 bits per heavy atom. The van der Waals surface area contributed by atoms with Crippen molar-refractivity contribution >= 4 is 33.4 Å². The van der Waals surface area contributed by atoms with E-state index >= 15 is 0 Å². The van der Waals surface area contributed by atoms with Gasteiger partial charge in [0.15, 0.2) is 0 Å². The van der Waals surface area contributed by atoms with E-state index in [1.54, 1.807) is 30.2 Å². The van der Waals surface area contributed by atoms with Crippen molar-refractivity contribution in [3.05, 3.63) is 47.0 Å². The number of aryl methyl sites for hydroxylation is 1. The monoisotopic (exact) mass is 378 g/mol. The molecule has 1 aromatic carbocycles. The molecule has 0 aliphatic rings. The summed E-state index contributed by atoms with van der Waals surface area (Å²) >= 11 is 3.38. The third kappa shape index (κ3) is 4.92. The van der Waals surface area contributed by atoms with E-state index < -0.39 is 0 Å². The predicted octanol–water partition coefficient (Wildman–Crippen LogP) is 2.66. The Morgan fingerprint density at radius 2 is 2.17 bits per heavy atom. The molecule has 1 atom stereocenters. The molecular formula is C16H19BrN4O2. The second kappa shape index (κ2) is 7.92. The molecule has 0 radical (unpaired) electrons. The highest BCUT2D eigenvalue weighted by Crippen LogP contribution is 2.20. The van der Waals surface area contributed by atoms with Crippen LogP contribution in [0.2, 0.25) is 0 Å². The maximum absolute atomic E-state index is 12.0. The second-order valence-electron chi connectivity index (χ2n) is 5.23. The molecule has 0 aliphatic carbocycles. The zero-order valence-electron chi connectivity index (χ0n) is 13.0. The van der Waals surface area contributed by atoms with E-state index in [0.717, 1.165) is 15.7 Å². The zero-order chi connectivity index (χ0) is 16.8. The Hall–Kier alpha value is -2.15. The predicted molar refractivity (Wildman–Crippen MR) is 92.1 cm³/mol. The van der Waals surface area contributed by atoms with Gasteiger partial charge in [-0.3, -0.25) is 9.59 Å². The van der Waals surface area contributed by atoms with Gasteiger partial charge in [0.05, 0.1) is 6.33 Å². The fourth-order valence-corrected chi connectivity index (χ4v) is 2.38. The maximum Gasteiger partial charge on any atom is 0.242 e. The highest BCUT2D eigenvalue weighted by Gasteiger charge is 2.14. The first-order chi connectivity index (χ1) is 11.0. The Labute approximate surface area is 143 Å². The number of imidazole rings is 1. The summed E-state index contributed by atoms with van der Waals surface area (Å²) in [7, 11) is 0. The first-order valence-electron chi connectivity index (χ1n) is 7.28. The van der Waals surface area contributed by atoms with Crippen LogP contribution in [0.3, 0.4) is 0 Å². The minimum Gasteiger partial charge on any atom is -0.354 e. The quantitative estimate of drug-likeness (QED) is 0.810. The lowest BCUT2D eigenvalue weighted by atomic mass is 10.2. The minimum absolute atomic E-state index is 0.137. The number of nitrogens with zero attached hydrogens (tertiary/aromatic N) is 2. The number of carbonyl (C=O) groups excluding carboxylic acids is 2. The molecule has 2 amide bonds. The molecule has 2 aromatic rings. The first-order valence-corrected chi connectivity index (χ1v) is 8.08. The number of carbonyl (C=O) groups is 2. The van der Waals surface area contributed by atoms with Crippen molar-refractivity contribution in [2.24, 2.45) is 0 Å². The standard InChI is InChI=1S/C16H19BrN4O2/c1-11-3-4-13(17)9-14(11)20-15(22)5-6-19-16(23)12(2)21-8-7-18-10-21/h3-4,7-10,12H,5-6H2,1-2H3,(H,19,23)(H,20,22)/t12-/m1/s1. The first kappa shape index (κ1) is 17.2. The molecule has 2 N–H and O–H groups in total. The molecule has 0 fully saturated rings. The fourth-order valence-electron chi connectivity index (χ4n) is 2.02. The summed E-state index contributed by atoms with van der Waals surface area (Å²) < 4.78 is 2.61. The third-order valence-corrected chi connectivity index (χ3v) is 3.97. The van der Waals surface area contributed by atoms with Gasteiger partial charge in [0.1, 0.15) is 6.04 Å². The summed E-state index contributed by atoms with van der Waals surface area (Å²) in [5.41, 5.74) is 1.75. The van der Waals surface area contributed by atoms with Crippen molar-refractivity contribution in [2.45, 2.75) is 26.3 Å². The Morgan fingerprint density at radius 3 is 2.87 bits per heavy atom. The molecule has 0 saturated carbocycles. The van der Waals surface area contributed by atoms with Gasteiger partial charge in [0.2, 0.25) is 11.8 Å². The highest BCUT2D eigenvalue weighted by molar-refractivity contribution is 9.10. The Kier molecular flexibility index (Phi) is 5.92. The average Bonchev–Trinajstić information content (AvgIpc) is 3.04. The molecule has 2 rings (SSSR count). The summed E-state index contributed by atoms with van der Waals surface area (Å²) in [6, 6.07) is 5.34. The number of nitrogens with one attached hydrogen (secondary N) is 2. The van der Waals surface area contributed by atoms with Crippen molar-refractivity contribution in [3.63, 3.8) is 0 Å². The van der Waals surface area contributed by atoms with E-state index in [0.29, 0.717) is 0 Å². The largest absolute Gasteiger partial charge is 0.354 e. The van der Waals surface area contributed by atoms with Crippen molar-refractivity contribution in [2.75, 3.05) is 11.9 Å². The van der Waals surface area contributed by atoms with Crippen LogP contribution >= 0.6 is 15.9 Å². The van der Waals surface area contributed by atoms with Gasteiger partial charge < -0.3 is 15.2 Å². The molecule has 0 unspecified atom stereocenters. The number of benzene rings is 1. The average molecular weight is 379 g/mol. The summed E-state index contributed by atoms with van der Waals surface area (Å²) in [5, 5.41) is 5.60. The summed E-state index contributed by atoms with van der Waals surface area (Å²) in [6.07, 6.45) is 5.16. The van der Waals surface area contributed by atoms with Crippen molar-refractivity contribution < 1.29 is 9.59 Å². The highest BCUT2D eigenvalue weighted by atomic mass is 79.9. The molecule has 122 valence electrons. The van der Waals surface area contributed by atoms with E-state index in [1.165, 1.54) is 0 Å². The Balaban J connectivity index is 1.78. The van der Waals surface area contributed by atoms with Crippen LogP contribution in [0.15, 0.2) is 41.4 Å². The smallest absolute Gasteiger partial charge is 0.242 e. The normalized spacial score (nSPS) is 11.8. The van der Waals surface area contributed by atoms with Gasteiger partial charge >= 0.3 is 0 Å². The molecule has 0 aliphatic heterocycles. The van der Waals surface area contributed by atoms with Gasteiger partial charge in [-0.25, -0.2) is 4.98 Å². The lowest BCUT2D eigenvalue weighted by Crippen LogP contribution is -2.33. The summed E-state index contributed by atoms with van der Waals surface area (Å²) in [5.74, 6) is -0.281. The van der Waals surface area contributed by atoms with Crippen LogP contribution in [0.25, 0.3) is 0 Å². The number of hydrogen-bond acceptors (Lipinski definition) is 3. The van der Waals surface area contributed by atoms with E-state index in [4.69, 9.17) is 0 Å². The van der Waals surface area contributed by atoms with Crippen LogP contribution in [-0.2, 0) is 9.59 Å². The molecule has 6 nitrogen and oxygen atoms in total. The number of halogens is 1. The van der Waals surface area contributed by atoms with Gasteiger partial charge in [0, 0.05) is 35.5 Å². The van der Waals surface area contributed by atoms with Crippen molar-refractivity contribution in [3.8, 4) is 0 Å². The number of hydrogen-bond donors (Lipinski definition) is 2. The van der Waals surface area contributed by atoms with Crippen LogP contribution in [0, 0.1) is 6.92 Å². The lowest BCUT2D eigenvalue weighted by Gasteiger charge is -2.13. The molecule has 1 aromatic heterocycles.